The van der Waals surface area contributed by atoms with E-state index in [-0.39, 0.29) is 24.2 Å². The molecule has 0 fully saturated rings. The molecule has 1 atom stereocenters. The largest absolute Gasteiger partial charge is 0.447 e. The first kappa shape index (κ1) is 28.0. The summed E-state index contributed by atoms with van der Waals surface area (Å²) in [6, 6.07) is 5.44. The van der Waals surface area contributed by atoms with Crippen molar-refractivity contribution in [2.45, 2.75) is 53.0 Å². The molecule has 0 aliphatic rings. The molecule has 0 aliphatic heterocycles. The molecule has 2 N–H and O–H groups in total. The van der Waals surface area contributed by atoms with Gasteiger partial charge in [0.1, 0.15) is 11.6 Å². The average molecular weight is 531 g/mol. The summed E-state index contributed by atoms with van der Waals surface area (Å²) in [7, 11) is 1.37. The van der Waals surface area contributed by atoms with Gasteiger partial charge in [0.2, 0.25) is 17.9 Å². The summed E-state index contributed by atoms with van der Waals surface area (Å²) in [5, 5.41) is 12.5. The molecule has 2 aromatic heterocycles. The van der Waals surface area contributed by atoms with Crippen LogP contribution in [0.2, 0.25) is 0 Å². The molecule has 0 saturated carbocycles. The molecule has 38 heavy (non-hydrogen) atoms. The molecule has 202 valence electrons. The Balaban J connectivity index is 2.00. The number of ether oxygens (including phenoxy) is 2. The lowest BCUT2D eigenvalue weighted by Crippen LogP contribution is -2.46. The van der Waals surface area contributed by atoms with Crippen LogP contribution in [-0.4, -0.2) is 43.8 Å². The third-order valence-corrected chi connectivity index (χ3v) is 5.15. The van der Waals surface area contributed by atoms with Gasteiger partial charge in [-0.15, -0.1) is 10.2 Å². The van der Waals surface area contributed by atoms with Crippen LogP contribution in [0.5, 0.6) is 5.75 Å². The highest BCUT2D eigenvalue weighted by Crippen LogP contribution is 2.22. The average Bonchev–Trinajstić information content (AvgIpc) is 3.27. The van der Waals surface area contributed by atoms with Crippen LogP contribution >= 0.6 is 0 Å². The van der Waals surface area contributed by atoms with Crippen LogP contribution in [0, 0.1) is 12.7 Å². The molecule has 1 unspecified atom stereocenters. The molecule has 3 aromatic rings. The maximum atomic E-state index is 13.3. The number of nitrogens with zero attached hydrogens (tertiary/aromatic N) is 4. The van der Waals surface area contributed by atoms with E-state index in [9.17, 15) is 23.6 Å². The number of carbonyl (C=O) groups is 3. The second-order valence-corrected chi connectivity index (χ2v) is 8.79. The third-order valence-electron chi connectivity index (χ3n) is 5.15. The van der Waals surface area contributed by atoms with E-state index in [1.54, 1.807) is 13.8 Å². The van der Waals surface area contributed by atoms with Gasteiger partial charge >= 0.3 is 17.8 Å². The standard InChI is InChI=1S/C24H27FN6O7/c1-12-29-30-21(36-12)20(34)28-24(4,5)23-27-17(19(33)26-11-15-7-9-16(25)10-8-15)18(22(35)31(23)6)38-14(3)37-13(2)32/h7-10,14H,11H2,1-6H3,(H,26,33)(H,28,34). The topological polar surface area (TPSA) is 168 Å². The number of benzene rings is 1. The molecule has 0 bridgehead atoms. The van der Waals surface area contributed by atoms with Gasteiger partial charge in [0.25, 0.3) is 11.5 Å². The van der Waals surface area contributed by atoms with Crippen molar-refractivity contribution in [2.24, 2.45) is 7.05 Å². The Morgan fingerprint density at radius 1 is 1.16 bits per heavy atom. The Labute approximate surface area is 216 Å². The Morgan fingerprint density at radius 3 is 2.39 bits per heavy atom. The molecule has 2 amide bonds. The first-order valence-corrected chi connectivity index (χ1v) is 11.4. The van der Waals surface area contributed by atoms with Crippen LogP contribution in [0.1, 0.15) is 66.1 Å². The van der Waals surface area contributed by atoms with Crippen molar-refractivity contribution in [2.75, 3.05) is 0 Å². The minimum absolute atomic E-state index is 0.00786. The highest BCUT2D eigenvalue weighted by Gasteiger charge is 2.33. The van der Waals surface area contributed by atoms with Crippen molar-refractivity contribution in [1.29, 1.82) is 0 Å². The van der Waals surface area contributed by atoms with Crippen molar-refractivity contribution in [1.82, 2.24) is 30.4 Å². The van der Waals surface area contributed by atoms with E-state index < -0.39 is 52.4 Å². The van der Waals surface area contributed by atoms with Crippen molar-refractivity contribution in [3.8, 4) is 5.75 Å². The number of aromatic nitrogens is 4. The fourth-order valence-electron chi connectivity index (χ4n) is 3.47. The second-order valence-electron chi connectivity index (χ2n) is 8.79. The van der Waals surface area contributed by atoms with Gasteiger partial charge < -0.3 is 24.5 Å². The number of nitrogens with one attached hydrogen (secondary N) is 2. The summed E-state index contributed by atoms with van der Waals surface area (Å²) in [6.45, 7) is 7.14. The van der Waals surface area contributed by atoms with Crippen molar-refractivity contribution < 1.29 is 32.7 Å². The van der Waals surface area contributed by atoms with Crippen LogP contribution < -0.4 is 20.9 Å². The summed E-state index contributed by atoms with van der Waals surface area (Å²) in [4.78, 5) is 54.9. The van der Waals surface area contributed by atoms with Gasteiger partial charge in [-0.3, -0.25) is 23.7 Å². The molecule has 0 aliphatic carbocycles. The van der Waals surface area contributed by atoms with Gasteiger partial charge in [0.05, 0.1) is 5.54 Å². The number of amides is 2. The summed E-state index contributed by atoms with van der Waals surface area (Å²) >= 11 is 0. The van der Waals surface area contributed by atoms with Gasteiger partial charge in [0.15, 0.2) is 5.69 Å². The van der Waals surface area contributed by atoms with Gasteiger partial charge in [-0.1, -0.05) is 12.1 Å². The highest BCUT2D eigenvalue weighted by molar-refractivity contribution is 5.95. The van der Waals surface area contributed by atoms with Gasteiger partial charge in [-0.05, 0) is 31.5 Å². The maximum absolute atomic E-state index is 13.3. The van der Waals surface area contributed by atoms with Gasteiger partial charge in [0, 0.05) is 34.4 Å². The van der Waals surface area contributed by atoms with E-state index in [1.807, 2.05) is 0 Å². The molecule has 0 saturated heterocycles. The Kier molecular flexibility index (Phi) is 8.23. The smallest absolute Gasteiger partial charge is 0.309 e. The monoisotopic (exact) mass is 530 g/mol. The molecule has 13 nitrogen and oxygen atoms in total. The molecule has 0 spiro atoms. The number of carbonyl (C=O) groups excluding carboxylic acids is 3. The van der Waals surface area contributed by atoms with E-state index in [0.29, 0.717) is 5.56 Å². The van der Waals surface area contributed by atoms with Crippen molar-refractivity contribution >= 4 is 17.8 Å². The predicted octanol–water partition coefficient (Wildman–Crippen LogP) is 1.49. The molecular weight excluding hydrogens is 503 g/mol. The first-order valence-electron chi connectivity index (χ1n) is 11.4. The molecule has 1 aromatic carbocycles. The fraction of sp³-hybridized carbons (Fsp3) is 0.375. The molecular formula is C24H27FN6O7. The maximum Gasteiger partial charge on any atom is 0.309 e. The van der Waals surface area contributed by atoms with E-state index in [1.165, 1.54) is 45.2 Å². The summed E-state index contributed by atoms with van der Waals surface area (Å²) in [6.07, 6.45) is -1.22. The lowest BCUT2D eigenvalue weighted by atomic mass is 10.0. The number of hydrogen-bond donors (Lipinski definition) is 2. The minimum atomic E-state index is -1.32. The number of hydrogen-bond acceptors (Lipinski definition) is 10. The predicted molar refractivity (Wildman–Crippen MR) is 128 cm³/mol. The highest BCUT2D eigenvalue weighted by atomic mass is 19.1. The zero-order valence-electron chi connectivity index (χ0n) is 21.6. The zero-order valence-corrected chi connectivity index (χ0v) is 21.6. The quantitative estimate of drug-likeness (QED) is 0.305. The summed E-state index contributed by atoms with van der Waals surface area (Å²) < 4.78 is 29.9. The van der Waals surface area contributed by atoms with Gasteiger partial charge in [-0.2, -0.15) is 0 Å². The van der Waals surface area contributed by atoms with Gasteiger partial charge in [-0.25, -0.2) is 9.37 Å². The van der Waals surface area contributed by atoms with E-state index in [4.69, 9.17) is 13.9 Å². The molecule has 14 heteroatoms. The zero-order chi connectivity index (χ0) is 28.2. The molecule has 0 radical (unpaired) electrons. The fourth-order valence-corrected chi connectivity index (χ4v) is 3.47. The first-order chi connectivity index (χ1) is 17.8. The van der Waals surface area contributed by atoms with Crippen LogP contribution in [0.4, 0.5) is 4.39 Å². The molecule has 3 rings (SSSR count). The van der Waals surface area contributed by atoms with Crippen LogP contribution in [-0.2, 0) is 28.7 Å². The number of aryl methyl sites for hydroxylation is 1. The lowest BCUT2D eigenvalue weighted by Gasteiger charge is -2.28. The second kappa shape index (κ2) is 11.2. The van der Waals surface area contributed by atoms with E-state index in [0.717, 1.165) is 11.5 Å². The Hall–Kier alpha value is -4.62. The number of rotatable bonds is 9. The van der Waals surface area contributed by atoms with Crippen LogP contribution in [0.15, 0.2) is 33.5 Å². The van der Waals surface area contributed by atoms with Crippen LogP contribution in [0.25, 0.3) is 0 Å². The SMILES string of the molecule is CC(=O)OC(C)Oc1c(C(=O)NCc2ccc(F)cc2)nc(C(C)(C)NC(=O)c2nnc(C)o2)n(C)c1=O. The Bertz CT molecular complexity index is 1410. The minimum Gasteiger partial charge on any atom is -0.447 e. The number of halogens is 1. The molecule has 2 heterocycles. The van der Waals surface area contributed by atoms with Crippen molar-refractivity contribution in [3.05, 3.63) is 69.3 Å². The third kappa shape index (κ3) is 6.57. The van der Waals surface area contributed by atoms with Crippen LogP contribution in [0.3, 0.4) is 0 Å². The van der Waals surface area contributed by atoms with E-state index >= 15 is 0 Å². The number of esters is 1. The lowest BCUT2D eigenvalue weighted by molar-refractivity contribution is -0.158. The normalized spacial score (nSPS) is 12.0. The summed E-state index contributed by atoms with van der Waals surface area (Å²) in [5.41, 5.74) is -1.93. The Morgan fingerprint density at radius 2 is 1.82 bits per heavy atom. The van der Waals surface area contributed by atoms with E-state index in [2.05, 4.69) is 25.8 Å². The van der Waals surface area contributed by atoms with Crippen molar-refractivity contribution in [3.63, 3.8) is 0 Å². The summed E-state index contributed by atoms with van der Waals surface area (Å²) in [5.74, 6) is -3.23.